The van der Waals surface area contributed by atoms with Crippen molar-refractivity contribution in [1.29, 1.82) is 0 Å². The fourth-order valence-electron chi connectivity index (χ4n) is 0. The first-order chi connectivity index (χ1) is 1.00. The molecule has 0 nitrogen and oxygen atoms in total. The molecule has 0 aliphatic rings. The molecule has 0 amide bonds. The zero-order valence-electron chi connectivity index (χ0n) is 7.16. The minimum Gasteiger partial charge on any atom is 0 e. The molecule has 0 saturated heterocycles. The van der Waals surface area contributed by atoms with Crippen molar-refractivity contribution in [3.8, 4) is 0 Å². The van der Waals surface area contributed by atoms with Gasteiger partial charge in [0.1, 0.15) is 0 Å². The number of halogens is 1. The van der Waals surface area contributed by atoms with Crippen molar-refractivity contribution in [3.05, 3.63) is 0 Å². The zero-order valence-corrected chi connectivity index (χ0v) is 23.9. The van der Waals surface area contributed by atoms with Crippen LogP contribution >= 0.6 is 18.1 Å². The Kier molecular flexibility index (Phi) is 149. The average molecular weight is 654 g/mol. The molecule has 25 valence electrons. The molecule has 0 aromatic carbocycles. The van der Waals surface area contributed by atoms with Gasteiger partial charge in [-0.3, -0.25) is 0 Å². The number of hydrogen-bond acceptors (Lipinski definition) is 0. The first-order valence-corrected chi connectivity index (χ1v) is 17.0. The largest absolute Gasteiger partial charge is 1.00 e. The summed E-state index contributed by atoms with van der Waals surface area (Å²) in [5.74, 6) is 0. The Balaban J connectivity index is -0.000000000238. The number of rotatable bonds is 0. The molecule has 0 N–H and O–H groups in total. The van der Waals surface area contributed by atoms with E-state index in [-0.39, 0.29) is 141 Å². The monoisotopic (exact) mass is 655 g/mol. The molecule has 0 bridgehead atoms. The van der Waals surface area contributed by atoms with E-state index in [2.05, 4.69) is 18.1 Å². The van der Waals surface area contributed by atoms with Crippen molar-refractivity contribution in [2.45, 2.75) is 0 Å². The van der Waals surface area contributed by atoms with Crippen LogP contribution in [0, 0.1) is 41.7 Å². The van der Waals surface area contributed by atoms with Crippen molar-refractivity contribution in [2.75, 3.05) is 0 Å². The zero-order chi connectivity index (χ0) is 2.00. The summed E-state index contributed by atoms with van der Waals surface area (Å²) in [5.41, 5.74) is 0. The smallest absolute Gasteiger partial charge is 0 e. The van der Waals surface area contributed by atoms with E-state index in [1.165, 1.54) is 0 Å². The SMILES string of the molecule is [Ca+2].[Ce].[H-].[H-].[H-].[InH2][I].[Na+].[Tl]. The molecular formula is H5CaCeIInNaTl. The third-order valence-electron chi connectivity index (χ3n) is 0. The van der Waals surface area contributed by atoms with Crippen molar-refractivity contribution < 1.29 is 75.6 Å². The van der Waals surface area contributed by atoms with Crippen molar-refractivity contribution in [2.24, 2.45) is 0 Å². The van der Waals surface area contributed by atoms with Crippen LogP contribution in [0.3, 0.4) is 0 Å². The Labute approximate surface area is 173 Å². The molecule has 6 heavy (non-hydrogen) atoms. The predicted octanol–water partition coefficient (Wildman–Crippen LogP) is -3.45. The summed E-state index contributed by atoms with van der Waals surface area (Å²) in [6, 6.07) is 0. The van der Waals surface area contributed by atoms with Crippen LogP contribution in [0.2, 0.25) is 0 Å². The molecule has 0 saturated carbocycles. The van der Waals surface area contributed by atoms with E-state index in [0.29, 0.717) is 0 Å². The van der Waals surface area contributed by atoms with Crippen LogP contribution in [-0.4, -0.2) is 85.3 Å². The number of hydrogen-bond donors (Lipinski definition) is 0. The van der Waals surface area contributed by atoms with Gasteiger partial charge in [-0.2, -0.15) is 0 Å². The van der Waals surface area contributed by atoms with E-state index in [0.717, 1.165) is 20.2 Å². The van der Waals surface area contributed by atoms with Gasteiger partial charge >= 0.3 is 106 Å². The van der Waals surface area contributed by atoms with Crippen LogP contribution in [0.5, 0.6) is 0 Å². The molecule has 0 spiro atoms. The van der Waals surface area contributed by atoms with Gasteiger partial charge in [0, 0.05) is 69.0 Å². The summed E-state index contributed by atoms with van der Waals surface area (Å²) in [6.45, 7) is 0. The quantitative estimate of drug-likeness (QED) is 0.189. The van der Waals surface area contributed by atoms with Crippen LogP contribution in [0.1, 0.15) is 4.28 Å². The fourth-order valence-corrected chi connectivity index (χ4v) is 0. The summed E-state index contributed by atoms with van der Waals surface area (Å²) in [5, 5.41) is 0. The summed E-state index contributed by atoms with van der Waals surface area (Å²) in [7, 11) is 0. The minimum absolute atomic E-state index is 0. The van der Waals surface area contributed by atoms with Crippen LogP contribution in [0.4, 0.5) is 0 Å². The van der Waals surface area contributed by atoms with Gasteiger partial charge in [0.05, 0.1) is 0 Å². The molecule has 0 aliphatic heterocycles. The van der Waals surface area contributed by atoms with Crippen LogP contribution in [-0.2, 0) is 0 Å². The van der Waals surface area contributed by atoms with Gasteiger partial charge in [-0.15, -0.1) is 0 Å². The Morgan fingerprint density at radius 2 is 1.33 bits per heavy atom. The van der Waals surface area contributed by atoms with Crippen LogP contribution in [0.15, 0.2) is 0 Å². The van der Waals surface area contributed by atoms with E-state index in [9.17, 15) is 0 Å². The first-order valence-electron chi connectivity index (χ1n) is 0.378. The standard InChI is InChI=1S/Ca.Ce.HI.In.Na.Tl.5H/h;;1H;;;;;;;;/q+2;;;2*+1;;;;3*-1/p-1. The Morgan fingerprint density at radius 3 is 1.33 bits per heavy atom. The van der Waals surface area contributed by atoms with E-state index in [1.807, 2.05) is 0 Å². The second kappa shape index (κ2) is 30.4. The van der Waals surface area contributed by atoms with Gasteiger partial charge in [-0.25, -0.2) is 0 Å². The van der Waals surface area contributed by atoms with E-state index in [4.69, 9.17) is 0 Å². The van der Waals surface area contributed by atoms with Gasteiger partial charge in [-0.1, -0.05) is 0 Å². The molecular weight excluding hydrogens is 649 g/mol. The van der Waals surface area contributed by atoms with Gasteiger partial charge in [-0.05, 0) is 0 Å². The molecule has 0 atom stereocenters. The molecule has 0 rings (SSSR count). The minimum atomic E-state index is 0. The molecule has 0 aliphatic carbocycles. The van der Waals surface area contributed by atoms with Gasteiger partial charge in [0.25, 0.3) is 0 Å². The summed E-state index contributed by atoms with van der Waals surface area (Å²) in [4.78, 5) is 0. The van der Waals surface area contributed by atoms with E-state index >= 15 is 0 Å². The second-order valence-corrected chi connectivity index (χ2v) is 0. The Morgan fingerprint density at radius 1 is 1.33 bits per heavy atom. The van der Waals surface area contributed by atoms with Gasteiger partial charge in [0.15, 0.2) is 0 Å². The van der Waals surface area contributed by atoms with Gasteiger partial charge in [0.2, 0.25) is 0 Å². The third-order valence-corrected chi connectivity index (χ3v) is 0. The molecule has 0 fully saturated rings. The topological polar surface area (TPSA) is 0 Å². The van der Waals surface area contributed by atoms with Crippen molar-refractivity contribution in [3.63, 3.8) is 0 Å². The Bertz CT molecular complexity index is 23.8. The second-order valence-electron chi connectivity index (χ2n) is 0. The normalized spacial score (nSPS) is 0.833. The van der Waals surface area contributed by atoms with Crippen molar-refractivity contribution >= 4 is 103 Å². The predicted molar refractivity (Wildman–Crippen MR) is 37.4 cm³/mol. The molecule has 0 aromatic heterocycles. The molecule has 0 unspecified atom stereocenters. The van der Waals surface area contributed by atoms with Crippen LogP contribution in [0.25, 0.3) is 0 Å². The molecule has 0 aromatic rings. The maximum absolute atomic E-state index is 2.36. The molecule has 0 heterocycles. The summed E-state index contributed by atoms with van der Waals surface area (Å²) < 4.78 is 0. The summed E-state index contributed by atoms with van der Waals surface area (Å²) in [6.07, 6.45) is 0. The van der Waals surface area contributed by atoms with E-state index < -0.39 is 0 Å². The fraction of sp³-hybridized carbons (Fsp3) is 0. The average Bonchev–Trinajstić information content (AvgIpc) is 1.00. The molecule has 1 radical (unpaired) electrons. The van der Waals surface area contributed by atoms with Crippen LogP contribution < -0.4 is 29.6 Å². The Hall–Kier alpha value is 6.16. The first kappa shape index (κ1) is 29.5. The van der Waals surface area contributed by atoms with Gasteiger partial charge < -0.3 is 4.28 Å². The third kappa shape index (κ3) is 22.5. The van der Waals surface area contributed by atoms with E-state index in [1.54, 1.807) is 0 Å². The maximum Gasteiger partial charge on any atom is 1.00 e. The summed E-state index contributed by atoms with van der Waals surface area (Å²) >= 11 is 3.28. The van der Waals surface area contributed by atoms with Crippen molar-refractivity contribution in [1.82, 2.24) is 0 Å². The maximum atomic E-state index is 2.36. The molecule has 6 heteroatoms.